The fourth-order valence-electron chi connectivity index (χ4n) is 0.784. The van der Waals surface area contributed by atoms with Crippen LogP contribution >= 0.6 is 0 Å². The van der Waals surface area contributed by atoms with Crippen LogP contribution in [-0.2, 0) is 9.59 Å². The van der Waals surface area contributed by atoms with Crippen molar-refractivity contribution < 1.29 is 19.8 Å². The second-order valence-electron chi connectivity index (χ2n) is 2.42. The molecule has 0 spiro atoms. The van der Waals surface area contributed by atoms with Crippen LogP contribution in [-0.4, -0.2) is 28.7 Å². The molecule has 6 N–H and O–H groups in total. The molecule has 0 aliphatic heterocycles. The lowest BCUT2D eigenvalue weighted by atomic mass is 10.1. The van der Waals surface area contributed by atoms with Crippen LogP contribution in [0, 0.1) is 0 Å². The molecular weight excluding hydrogens is 176 g/mol. The molecule has 0 fully saturated rings. The van der Waals surface area contributed by atoms with Gasteiger partial charge in [0.25, 0.3) is 0 Å². The highest BCUT2D eigenvalue weighted by atomic mass is 16.4. The number of carboxylic acid groups (broad SMARTS) is 2. The second kappa shape index (κ2) is 5.15. The van der Waals surface area contributed by atoms with Gasteiger partial charge in [0.05, 0.1) is 12.0 Å². The summed E-state index contributed by atoms with van der Waals surface area (Å²) >= 11 is 0. The molecule has 0 saturated carbocycles. The van der Waals surface area contributed by atoms with Crippen molar-refractivity contribution in [2.24, 2.45) is 11.5 Å². The van der Waals surface area contributed by atoms with Gasteiger partial charge in [0.2, 0.25) is 0 Å². The summed E-state index contributed by atoms with van der Waals surface area (Å²) in [5, 5.41) is 16.9. The molecule has 0 aliphatic carbocycles. The molecule has 6 nitrogen and oxygen atoms in total. The molecule has 0 amide bonds. The lowest BCUT2D eigenvalue weighted by molar-refractivity contribution is -0.139. The van der Waals surface area contributed by atoms with Crippen molar-refractivity contribution in [2.45, 2.75) is 12.8 Å². The van der Waals surface area contributed by atoms with Crippen LogP contribution in [0.2, 0.25) is 0 Å². The Morgan fingerprint density at radius 1 is 1.23 bits per heavy atom. The maximum absolute atomic E-state index is 10.5. The molecule has 6 heteroatoms. The van der Waals surface area contributed by atoms with E-state index in [4.69, 9.17) is 21.7 Å². The number of hydrogen-bond acceptors (Lipinski definition) is 4. The van der Waals surface area contributed by atoms with E-state index in [1.54, 1.807) is 0 Å². The minimum absolute atomic E-state index is 0.0254. The zero-order chi connectivity index (χ0) is 10.4. The summed E-state index contributed by atoms with van der Waals surface area (Å²) in [6.45, 7) is 0.197. The van der Waals surface area contributed by atoms with Crippen LogP contribution in [0.5, 0.6) is 0 Å². The van der Waals surface area contributed by atoms with Crippen LogP contribution in [0.4, 0.5) is 0 Å². The topological polar surface area (TPSA) is 127 Å². The average molecular weight is 188 g/mol. The number of carboxylic acids is 2. The van der Waals surface area contributed by atoms with Gasteiger partial charge in [-0.05, 0) is 13.0 Å². The monoisotopic (exact) mass is 188 g/mol. The highest BCUT2D eigenvalue weighted by Crippen LogP contribution is 2.07. The predicted molar refractivity (Wildman–Crippen MR) is 44.8 cm³/mol. The Balaban J connectivity index is 4.66. The summed E-state index contributed by atoms with van der Waals surface area (Å²) < 4.78 is 0. The highest BCUT2D eigenvalue weighted by molar-refractivity contribution is 5.92. The molecule has 0 atom stereocenters. The van der Waals surface area contributed by atoms with Gasteiger partial charge in [-0.3, -0.25) is 4.79 Å². The van der Waals surface area contributed by atoms with Crippen molar-refractivity contribution in [2.75, 3.05) is 6.54 Å². The molecule has 0 saturated heterocycles. The molecule has 0 aromatic heterocycles. The number of hydrogen-bond donors (Lipinski definition) is 4. The molecule has 0 aromatic rings. The van der Waals surface area contributed by atoms with Crippen molar-refractivity contribution >= 4 is 11.9 Å². The Kier molecular flexibility index (Phi) is 4.53. The fourth-order valence-corrected chi connectivity index (χ4v) is 0.784. The van der Waals surface area contributed by atoms with Gasteiger partial charge in [-0.15, -0.1) is 0 Å². The van der Waals surface area contributed by atoms with Crippen molar-refractivity contribution in [1.29, 1.82) is 0 Å². The number of carbonyl (C=O) groups is 2. The van der Waals surface area contributed by atoms with Crippen LogP contribution in [0.1, 0.15) is 12.8 Å². The molecule has 74 valence electrons. The Hall–Kier alpha value is -1.56. The van der Waals surface area contributed by atoms with Gasteiger partial charge >= 0.3 is 11.9 Å². The zero-order valence-electron chi connectivity index (χ0n) is 6.99. The second-order valence-corrected chi connectivity index (χ2v) is 2.42. The SMILES string of the molecule is NCCC(N)=C(CC(=O)O)C(=O)O. The van der Waals surface area contributed by atoms with E-state index in [2.05, 4.69) is 0 Å². The van der Waals surface area contributed by atoms with E-state index >= 15 is 0 Å². The summed E-state index contributed by atoms with van der Waals surface area (Å²) in [4.78, 5) is 20.7. The van der Waals surface area contributed by atoms with E-state index in [1.165, 1.54) is 0 Å². The molecule has 0 aliphatic rings. The molecule has 0 aromatic carbocycles. The van der Waals surface area contributed by atoms with Gasteiger partial charge in [-0.1, -0.05) is 0 Å². The van der Waals surface area contributed by atoms with E-state index in [-0.39, 0.29) is 24.2 Å². The molecule has 0 heterocycles. The maximum Gasteiger partial charge on any atom is 0.333 e. The lowest BCUT2D eigenvalue weighted by Gasteiger charge is -2.04. The Morgan fingerprint density at radius 3 is 2.08 bits per heavy atom. The number of rotatable bonds is 5. The fraction of sp³-hybridized carbons (Fsp3) is 0.429. The Morgan fingerprint density at radius 2 is 1.77 bits per heavy atom. The van der Waals surface area contributed by atoms with Crippen LogP contribution in [0.15, 0.2) is 11.3 Å². The molecule has 0 bridgehead atoms. The largest absolute Gasteiger partial charge is 0.481 e. The van der Waals surface area contributed by atoms with Crippen molar-refractivity contribution in [3.05, 3.63) is 11.3 Å². The van der Waals surface area contributed by atoms with E-state index in [9.17, 15) is 9.59 Å². The van der Waals surface area contributed by atoms with Crippen LogP contribution in [0.3, 0.4) is 0 Å². The minimum atomic E-state index is -1.31. The normalized spacial score (nSPS) is 12.1. The Bertz CT molecular complexity index is 247. The highest BCUT2D eigenvalue weighted by Gasteiger charge is 2.15. The lowest BCUT2D eigenvalue weighted by Crippen LogP contribution is -2.16. The third-order valence-electron chi connectivity index (χ3n) is 1.39. The van der Waals surface area contributed by atoms with Crippen molar-refractivity contribution in [1.82, 2.24) is 0 Å². The van der Waals surface area contributed by atoms with E-state index in [1.807, 2.05) is 0 Å². The molecule has 0 rings (SSSR count). The molecule has 0 unspecified atom stereocenters. The Labute approximate surface area is 74.8 Å². The van der Waals surface area contributed by atoms with Crippen LogP contribution < -0.4 is 11.5 Å². The summed E-state index contributed by atoms with van der Waals surface area (Å²) in [5.74, 6) is -2.54. The summed E-state index contributed by atoms with van der Waals surface area (Å²) in [7, 11) is 0. The molecule has 13 heavy (non-hydrogen) atoms. The third-order valence-corrected chi connectivity index (χ3v) is 1.39. The van der Waals surface area contributed by atoms with Gasteiger partial charge in [-0.25, -0.2) is 4.79 Å². The minimum Gasteiger partial charge on any atom is -0.481 e. The predicted octanol–water partition coefficient (Wildman–Crippen LogP) is -0.893. The first-order valence-corrected chi connectivity index (χ1v) is 3.61. The van der Waals surface area contributed by atoms with E-state index < -0.39 is 18.4 Å². The van der Waals surface area contributed by atoms with Gasteiger partial charge in [0.1, 0.15) is 0 Å². The number of nitrogens with two attached hydrogens (primary N) is 2. The quantitative estimate of drug-likeness (QED) is 0.414. The third kappa shape index (κ3) is 4.12. The van der Waals surface area contributed by atoms with Crippen molar-refractivity contribution in [3.8, 4) is 0 Å². The first kappa shape index (κ1) is 11.4. The van der Waals surface area contributed by atoms with E-state index in [0.717, 1.165) is 0 Å². The first-order chi connectivity index (χ1) is 5.99. The van der Waals surface area contributed by atoms with Gasteiger partial charge in [-0.2, -0.15) is 0 Å². The molecular formula is C7H12N2O4. The van der Waals surface area contributed by atoms with Gasteiger partial charge in [0, 0.05) is 5.70 Å². The standard InChI is InChI=1S/C7H12N2O4/c8-2-1-5(9)4(7(12)13)3-6(10)11/h1-3,8-9H2,(H,10,11)(H,12,13). The summed E-state index contributed by atoms with van der Waals surface area (Å²) in [6, 6.07) is 0. The zero-order valence-corrected chi connectivity index (χ0v) is 6.99. The maximum atomic E-state index is 10.5. The summed E-state index contributed by atoms with van der Waals surface area (Å²) in [6.07, 6.45) is -0.393. The van der Waals surface area contributed by atoms with Crippen LogP contribution in [0.25, 0.3) is 0 Å². The van der Waals surface area contributed by atoms with Gasteiger partial charge in [0.15, 0.2) is 0 Å². The first-order valence-electron chi connectivity index (χ1n) is 3.61. The van der Waals surface area contributed by atoms with Gasteiger partial charge < -0.3 is 21.7 Å². The average Bonchev–Trinajstić information content (AvgIpc) is 1.99. The summed E-state index contributed by atoms with van der Waals surface area (Å²) in [5.41, 5.74) is 10.2. The number of aliphatic carboxylic acids is 2. The van der Waals surface area contributed by atoms with Crippen molar-refractivity contribution in [3.63, 3.8) is 0 Å². The smallest absolute Gasteiger partial charge is 0.333 e. The molecule has 0 radical (unpaired) electrons. The van der Waals surface area contributed by atoms with E-state index in [0.29, 0.717) is 0 Å².